The summed E-state index contributed by atoms with van der Waals surface area (Å²) >= 11 is 0. The molecule has 0 amide bonds. The highest BCUT2D eigenvalue weighted by Crippen LogP contribution is 2.12. The number of aromatic carboxylic acids is 1. The molecule has 0 aliphatic heterocycles. The minimum Gasteiger partial charge on any atom is -0.476 e. The van der Waals surface area contributed by atoms with Crippen LogP contribution in [-0.2, 0) is 7.05 Å². The Bertz CT molecular complexity index is 601. The Balaban J connectivity index is 3.01. The zero-order chi connectivity index (χ0) is 11.0. The predicted molar refractivity (Wildman–Crippen MR) is 53.9 cm³/mol. The molecule has 5 heteroatoms. The summed E-state index contributed by atoms with van der Waals surface area (Å²) in [6.45, 7) is 0. The lowest BCUT2D eigenvalue weighted by molar-refractivity contribution is 0.0690. The minimum absolute atomic E-state index is 0.104. The van der Waals surface area contributed by atoms with Crippen LogP contribution in [0, 0.1) is 0 Å². The minimum atomic E-state index is -1.14. The Morgan fingerprint density at radius 1 is 1.33 bits per heavy atom. The summed E-state index contributed by atoms with van der Waals surface area (Å²) in [4.78, 5) is 22.5. The average molecular weight is 204 g/mol. The number of carbonyl (C=O) groups is 1. The third kappa shape index (κ3) is 1.38. The van der Waals surface area contributed by atoms with Crippen LogP contribution in [0.15, 0.2) is 29.1 Å². The fourth-order valence-corrected chi connectivity index (χ4v) is 1.46. The average Bonchev–Trinajstić information content (AvgIpc) is 2.23. The second-order valence-electron chi connectivity index (χ2n) is 3.13. The van der Waals surface area contributed by atoms with Gasteiger partial charge in [0, 0.05) is 12.4 Å². The first-order valence-electron chi connectivity index (χ1n) is 4.30. The maximum absolute atomic E-state index is 11.6. The third-order valence-electron chi connectivity index (χ3n) is 2.16. The molecule has 1 aromatic heterocycles. The first kappa shape index (κ1) is 9.39. The van der Waals surface area contributed by atoms with Crippen LogP contribution in [0.25, 0.3) is 10.8 Å². The molecular weight excluding hydrogens is 196 g/mol. The van der Waals surface area contributed by atoms with Crippen molar-refractivity contribution in [2.45, 2.75) is 0 Å². The number of benzene rings is 1. The Morgan fingerprint density at radius 2 is 1.93 bits per heavy atom. The molecule has 0 saturated heterocycles. The van der Waals surface area contributed by atoms with E-state index in [0.717, 1.165) is 4.68 Å². The molecule has 5 nitrogen and oxygen atoms in total. The van der Waals surface area contributed by atoms with Crippen molar-refractivity contribution in [2.75, 3.05) is 0 Å². The van der Waals surface area contributed by atoms with Gasteiger partial charge in [-0.15, -0.1) is 0 Å². The van der Waals surface area contributed by atoms with Gasteiger partial charge in [-0.25, -0.2) is 9.48 Å². The first-order valence-corrected chi connectivity index (χ1v) is 4.30. The van der Waals surface area contributed by atoms with E-state index in [9.17, 15) is 9.59 Å². The van der Waals surface area contributed by atoms with Crippen molar-refractivity contribution in [1.82, 2.24) is 9.78 Å². The smallest absolute Gasteiger partial charge is 0.357 e. The number of nitrogens with zero attached hydrogens (tertiary/aromatic N) is 2. The molecule has 0 unspecified atom stereocenters. The number of hydrogen-bond donors (Lipinski definition) is 1. The van der Waals surface area contributed by atoms with E-state index in [1.165, 1.54) is 7.05 Å². The van der Waals surface area contributed by atoms with Crippen LogP contribution in [0.2, 0.25) is 0 Å². The van der Waals surface area contributed by atoms with Crippen LogP contribution in [0.4, 0.5) is 0 Å². The summed E-state index contributed by atoms with van der Waals surface area (Å²) in [6.07, 6.45) is 0. The molecule has 0 atom stereocenters. The van der Waals surface area contributed by atoms with Gasteiger partial charge in [-0.1, -0.05) is 18.2 Å². The first-order chi connectivity index (χ1) is 7.11. The van der Waals surface area contributed by atoms with Gasteiger partial charge in [0.25, 0.3) is 5.56 Å². The molecule has 1 heterocycles. The van der Waals surface area contributed by atoms with Gasteiger partial charge in [-0.05, 0) is 6.07 Å². The quantitative estimate of drug-likeness (QED) is 0.739. The molecule has 0 bridgehead atoms. The molecule has 2 rings (SSSR count). The van der Waals surface area contributed by atoms with E-state index in [4.69, 9.17) is 5.11 Å². The van der Waals surface area contributed by atoms with Crippen molar-refractivity contribution in [3.05, 3.63) is 40.3 Å². The summed E-state index contributed by atoms with van der Waals surface area (Å²) < 4.78 is 1.03. The normalized spacial score (nSPS) is 10.5. The monoisotopic (exact) mass is 204 g/mol. The summed E-state index contributed by atoms with van der Waals surface area (Å²) in [5.74, 6) is -1.14. The molecule has 0 fully saturated rings. The highest BCUT2D eigenvalue weighted by atomic mass is 16.4. The van der Waals surface area contributed by atoms with Crippen LogP contribution in [-0.4, -0.2) is 20.9 Å². The van der Waals surface area contributed by atoms with Crippen molar-refractivity contribution in [2.24, 2.45) is 7.05 Å². The molecule has 1 N–H and O–H groups in total. The summed E-state index contributed by atoms with van der Waals surface area (Å²) in [5, 5.41) is 13.4. The lowest BCUT2D eigenvalue weighted by Gasteiger charge is -2.03. The van der Waals surface area contributed by atoms with Crippen LogP contribution >= 0.6 is 0 Å². The number of rotatable bonds is 1. The molecule has 0 saturated carbocycles. The highest BCUT2D eigenvalue weighted by molar-refractivity contribution is 6.01. The molecular formula is C10H8N2O3. The zero-order valence-electron chi connectivity index (χ0n) is 7.97. The largest absolute Gasteiger partial charge is 0.476 e. The van der Waals surface area contributed by atoms with Crippen LogP contribution in [0.3, 0.4) is 0 Å². The van der Waals surface area contributed by atoms with E-state index in [2.05, 4.69) is 5.10 Å². The van der Waals surface area contributed by atoms with Gasteiger partial charge in [0.2, 0.25) is 0 Å². The van der Waals surface area contributed by atoms with Gasteiger partial charge in [0.1, 0.15) is 0 Å². The van der Waals surface area contributed by atoms with E-state index in [0.29, 0.717) is 10.8 Å². The van der Waals surface area contributed by atoms with Gasteiger partial charge < -0.3 is 5.11 Å². The Hall–Kier alpha value is -2.17. The fraction of sp³-hybridized carbons (Fsp3) is 0.100. The lowest BCUT2D eigenvalue weighted by atomic mass is 10.1. The number of aromatic nitrogens is 2. The maximum atomic E-state index is 11.6. The van der Waals surface area contributed by atoms with Gasteiger partial charge in [-0.3, -0.25) is 4.79 Å². The number of carboxylic acid groups (broad SMARTS) is 1. The van der Waals surface area contributed by atoms with Crippen molar-refractivity contribution >= 4 is 16.7 Å². The van der Waals surface area contributed by atoms with Crippen molar-refractivity contribution < 1.29 is 9.90 Å². The Labute approximate surface area is 84.6 Å². The molecule has 0 radical (unpaired) electrons. The lowest BCUT2D eigenvalue weighted by Crippen LogP contribution is -2.22. The van der Waals surface area contributed by atoms with E-state index in [1.54, 1.807) is 24.3 Å². The standard InChI is InChI=1S/C10H8N2O3/c1-12-9(13)7-5-3-2-4-6(7)8(11-12)10(14)15/h2-5H,1H3,(H,14,15). The SMILES string of the molecule is Cn1nc(C(=O)O)c2ccccc2c1=O. The second kappa shape index (κ2) is 3.20. The van der Waals surface area contributed by atoms with Gasteiger partial charge in [0.05, 0.1) is 5.39 Å². The maximum Gasteiger partial charge on any atom is 0.357 e. The van der Waals surface area contributed by atoms with Gasteiger partial charge in [0.15, 0.2) is 5.69 Å². The Kier molecular flexibility index (Phi) is 2.00. The van der Waals surface area contributed by atoms with Crippen LogP contribution < -0.4 is 5.56 Å². The van der Waals surface area contributed by atoms with Gasteiger partial charge in [-0.2, -0.15) is 5.10 Å². The number of aryl methyl sites for hydroxylation is 1. The molecule has 0 spiro atoms. The van der Waals surface area contributed by atoms with E-state index in [-0.39, 0.29) is 11.3 Å². The summed E-state index contributed by atoms with van der Waals surface area (Å²) in [6, 6.07) is 6.53. The number of carboxylic acids is 1. The topological polar surface area (TPSA) is 72.2 Å². The third-order valence-corrected chi connectivity index (χ3v) is 2.16. The summed E-state index contributed by atoms with van der Waals surface area (Å²) in [5.41, 5.74) is -0.400. The highest BCUT2D eigenvalue weighted by Gasteiger charge is 2.13. The van der Waals surface area contributed by atoms with E-state index >= 15 is 0 Å². The van der Waals surface area contributed by atoms with Gasteiger partial charge >= 0.3 is 5.97 Å². The Morgan fingerprint density at radius 3 is 2.53 bits per heavy atom. The van der Waals surface area contributed by atoms with E-state index < -0.39 is 5.97 Å². The predicted octanol–water partition coefficient (Wildman–Crippen LogP) is 0.632. The molecule has 2 aromatic rings. The molecule has 0 aliphatic carbocycles. The van der Waals surface area contributed by atoms with Crippen molar-refractivity contribution in [1.29, 1.82) is 0 Å². The zero-order valence-corrected chi connectivity index (χ0v) is 7.97. The number of fused-ring (bicyclic) bond motifs is 1. The van der Waals surface area contributed by atoms with E-state index in [1.807, 2.05) is 0 Å². The van der Waals surface area contributed by atoms with Crippen LogP contribution in [0.5, 0.6) is 0 Å². The second-order valence-corrected chi connectivity index (χ2v) is 3.13. The summed E-state index contributed by atoms with van der Waals surface area (Å²) in [7, 11) is 1.43. The molecule has 15 heavy (non-hydrogen) atoms. The number of hydrogen-bond acceptors (Lipinski definition) is 3. The molecule has 0 aliphatic rings. The fourth-order valence-electron chi connectivity index (χ4n) is 1.46. The molecule has 1 aromatic carbocycles. The van der Waals surface area contributed by atoms with Crippen molar-refractivity contribution in [3.8, 4) is 0 Å². The van der Waals surface area contributed by atoms with Crippen LogP contribution in [0.1, 0.15) is 10.5 Å². The molecule has 76 valence electrons. The van der Waals surface area contributed by atoms with Crippen molar-refractivity contribution in [3.63, 3.8) is 0 Å².